The molecule has 1 atom stereocenters. The topological polar surface area (TPSA) is 50.4 Å². The molecule has 0 saturated heterocycles. The lowest BCUT2D eigenvalue weighted by Crippen LogP contribution is -2.46. The van der Waals surface area contributed by atoms with E-state index in [-0.39, 0.29) is 17.6 Å². The van der Waals surface area contributed by atoms with E-state index in [1.54, 1.807) is 7.05 Å². The van der Waals surface area contributed by atoms with Gasteiger partial charge in [0, 0.05) is 18.7 Å². The van der Waals surface area contributed by atoms with Crippen LogP contribution in [0, 0.1) is 0 Å². The van der Waals surface area contributed by atoms with E-state index in [0.29, 0.717) is 11.3 Å². The minimum absolute atomic E-state index is 0.249. The van der Waals surface area contributed by atoms with Crippen LogP contribution in [0.4, 0.5) is 13.2 Å². The van der Waals surface area contributed by atoms with Crippen LogP contribution < -0.4 is 15.4 Å². The quantitative estimate of drug-likeness (QED) is 0.513. The number of carbonyl (C=O) groups excluding carboxylic acids is 1. The Morgan fingerprint density at radius 3 is 1.81 bits per heavy atom. The third-order valence-electron chi connectivity index (χ3n) is 4.95. The summed E-state index contributed by atoms with van der Waals surface area (Å²) in [6.07, 6.45) is -4.76. The third-order valence-corrected chi connectivity index (χ3v) is 4.95. The van der Waals surface area contributed by atoms with Crippen LogP contribution in [0.15, 0.2) is 91.5 Å². The Hall–Kier alpha value is -3.74. The van der Waals surface area contributed by atoms with Gasteiger partial charge in [-0.15, -0.1) is 13.2 Å². The van der Waals surface area contributed by atoms with Gasteiger partial charge in [0.25, 0.3) is 0 Å². The molecule has 1 amide bonds. The predicted octanol–water partition coefficient (Wildman–Crippen LogP) is 5.09. The summed E-state index contributed by atoms with van der Waals surface area (Å²) in [5.74, 6) is -0.911. The van der Waals surface area contributed by atoms with Crippen molar-refractivity contribution in [3.8, 4) is 5.75 Å². The minimum atomic E-state index is -4.76. The van der Waals surface area contributed by atoms with Gasteiger partial charge < -0.3 is 15.4 Å². The fraction of sp³-hybridized carbons (Fsp3) is 0.160. The molecule has 0 heterocycles. The molecule has 2 N–H and O–H groups in total. The van der Waals surface area contributed by atoms with Crippen molar-refractivity contribution in [2.75, 3.05) is 7.05 Å². The summed E-state index contributed by atoms with van der Waals surface area (Å²) in [4.78, 5) is 12.9. The van der Waals surface area contributed by atoms with Gasteiger partial charge in [0.15, 0.2) is 0 Å². The van der Waals surface area contributed by atoms with E-state index in [4.69, 9.17) is 0 Å². The number of nitrogens with one attached hydrogen (secondary N) is 2. The van der Waals surface area contributed by atoms with Gasteiger partial charge >= 0.3 is 6.36 Å². The van der Waals surface area contributed by atoms with Gasteiger partial charge in [0.05, 0.1) is 0 Å². The standard InChI is InChI=1S/C25H23F3N2O2/c1-17(18-13-15-21(16-14-18)32-25(26,27)28)30-23(24(31)29-2)22(19-9-5-3-6-10-19)20-11-7-4-8-12-20/h3-16,22-23,30H,1H2,2H3,(H,29,31)/t23-/m0/s1. The first kappa shape index (κ1) is 22.9. The van der Waals surface area contributed by atoms with Crippen LogP contribution in [0.2, 0.25) is 0 Å². The molecule has 0 aromatic heterocycles. The van der Waals surface area contributed by atoms with Crippen molar-refractivity contribution in [1.29, 1.82) is 0 Å². The van der Waals surface area contributed by atoms with Crippen molar-refractivity contribution in [1.82, 2.24) is 10.6 Å². The molecule has 0 aliphatic carbocycles. The Morgan fingerprint density at radius 1 is 0.875 bits per heavy atom. The third kappa shape index (κ3) is 5.91. The molecule has 166 valence electrons. The Balaban J connectivity index is 1.91. The second-order valence-electron chi connectivity index (χ2n) is 7.09. The van der Waals surface area contributed by atoms with Crippen molar-refractivity contribution in [2.24, 2.45) is 0 Å². The van der Waals surface area contributed by atoms with E-state index in [0.717, 1.165) is 11.1 Å². The highest BCUT2D eigenvalue weighted by Crippen LogP contribution is 2.30. The first-order valence-corrected chi connectivity index (χ1v) is 9.91. The zero-order valence-electron chi connectivity index (χ0n) is 17.4. The fourth-order valence-electron chi connectivity index (χ4n) is 3.48. The number of carbonyl (C=O) groups is 1. The molecule has 0 radical (unpaired) electrons. The van der Waals surface area contributed by atoms with Gasteiger partial charge in [-0.3, -0.25) is 4.79 Å². The van der Waals surface area contributed by atoms with E-state index >= 15 is 0 Å². The molecule has 7 heteroatoms. The molecule has 0 saturated carbocycles. The first-order valence-electron chi connectivity index (χ1n) is 9.91. The highest BCUT2D eigenvalue weighted by molar-refractivity contribution is 5.85. The van der Waals surface area contributed by atoms with Gasteiger partial charge in [-0.25, -0.2) is 0 Å². The maximum Gasteiger partial charge on any atom is 0.573 e. The molecule has 0 aliphatic rings. The smallest absolute Gasteiger partial charge is 0.406 e. The number of benzene rings is 3. The van der Waals surface area contributed by atoms with E-state index in [2.05, 4.69) is 21.9 Å². The Kier molecular flexibility index (Phi) is 7.20. The molecular weight excluding hydrogens is 417 g/mol. The Bertz CT molecular complexity index is 997. The minimum Gasteiger partial charge on any atom is -0.406 e. The van der Waals surface area contributed by atoms with E-state index in [1.165, 1.54) is 24.3 Å². The van der Waals surface area contributed by atoms with Gasteiger partial charge in [-0.2, -0.15) is 0 Å². The molecule has 0 bridgehead atoms. The molecule has 3 aromatic rings. The predicted molar refractivity (Wildman–Crippen MR) is 118 cm³/mol. The van der Waals surface area contributed by atoms with Gasteiger partial charge in [0.1, 0.15) is 11.8 Å². The van der Waals surface area contributed by atoms with Crippen LogP contribution in [0.25, 0.3) is 5.70 Å². The summed E-state index contributed by atoms with van der Waals surface area (Å²) in [5, 5.41) is 5.87. The molecule has 3 aromatic carbocycles. The highest BCUT2D eigenvalue weighted by Gasteiger charge is 2.32. The summed E-state index contributed by atoms with van der Waals surface area (Å²) in [6, 6.07) is 23.8. The summed E-state index contributed by atoms with van der Waals surface area (Å²) >= 11 is 0. The number of hydrogen-bond acceptors (Lipinski definition) is 3. The van der Waals surface area contributed by atoms with Crippen LogP contribution in [-0.2, 0) is 4.79 Å². The SMILES string of the molecule is C=C(N[C@H](C(=O)NC)C(c1ccccc1)c1ccccc1)c1ccc(OC(F)(F)F)cc1. The van der Waals surface area contributed by atoms with Crippen molar-refractivity contribution in [2.45, 2.75) is 18.3 Å². The second kappa shape index (κ2) is 10.0. The molecule has 4 nitrogen and oxygen atoms in total. The normalized spacial score (nSPS) is 12.2. The summed E-state index contributed by atoms with van der Waals surface area (Å²) in [6.45, 7) is 4.00. The van der Waals surface area contributed by atoms with Crippen molar-refractivity contribution < 1.29 is 22.7 Å². The summed E-state index contributed by atoms with van der Waals surface area (Å²) < 4.78 is 41.2. The molecule has 3 rings (SSSR count). The maximum absolute atomic E-state index is 12.9. The molecule has 0 unspecified atom stereocenters. The lowest BCUT2D eigenvalue weighted by Gasteiger charge is -2.29. The fourth-order valence-corrected chi connectivity index (χ4v) is 3.48. The zero-order valence-corrected chi connectivity index (χ0v) is 17.4. The van der Waals surface area contributed by atoms with Crippen LogP contribution in [0.3, 0.4) is 0 Å². The average Bonchev–Trinajstić information content (AvgIpc) is 2.79. The van der Waals surface area contributed by atoms with Gasteiger partial charge in [0.2, 0.25) is 5.91 Å². The monoisotopic (exact) mass is 440 g/mol. The highest BCUT2D eigenvalue weighted by atomic mass is 19.4. The van der Waals surface area contributed by atoms with Gasteiger partial charge in [-0.1, -0.05) is 67.2 Å². The maximum atomic E-state index is 12.9. The number of rotatable bonds is 8. The lowest BCUT2D eigenvalue weighted by molar-refractivity contribution is -0.274. The molecule has 0 spiro atoms. The second-order valence-corrected chi connectivity index (χ2v) is 7.09. The number of amides is 1. The zero-order chi connectivity index (χ0) is 23.1. The molecule has 0 aliphatic heterocycles. The van der Waals surface area contributed by atoms with Crippen LogP contribution in [0.5, 0.6) is 5.75 Å². The largest absolute Gasteiger partial charge is 0.573 e. The Morgan fingerprint density at radius 2 is 1.38 bits per heavy atom. The van der Waals surface area contributed by atoms with Gasteiger partial charge in [-0.05, 0) is 41.0 Å². The molecular formula is C25H23F3N2O2. The van der Waals surface area contributed by atoms with E-state index in [1.807, 2.05) is 60.7 Å². The number of alkyl halides is 3. The number of likely N-dealkylation sites (N-methyl/N-ethyl adjacent to an activating group) is 1. The number of hydrogen-bond donors (Lipinski definition) is 2. The van der Waals surface area contributed by atoms with E-state index in [9.17, 15) is 18.0 Å². The van der Waals surface area contributed by atoms with E-state index < -0.39 is 12.4 Å². The average molecular weight is 440 g/mol. The molecule has 32 heavy (non-hydrogen) atoms. The van der Waals surface area contributed by atoms with Crippen LogP contribution >= 0.6 is 0 Å². The van der Waals surface area contributed by atoms with Crippen molar-refractivity contribution >= 4 is 11.6 Å². The number of halogens is 3. The number of ether oxygens (including phenoxy) is 1. The van der Waals surface area contributed by atoms with Crippen molar-refractivity contribution in [3.63, 3.8) is 0 Å². The molecule has 0 fully saturated rings. The Labute approximate surface area is 184 Å². The van der Waals surface area contributed by atoms with Crippen LogP contribution in [0.1, 0.15) is 22.6 Å². The first-order chi connectivity index (χ1) is 15.3. The summed E-state index contributed by atoms with van der Waals surface area (Å²) in [5.41, 5.74) is 2.80. The van der Waals surface area contributed by atoms with Crippen molar-refractivity contribution in [3.05, 3.63) is 108 Å². The van der Waals surface area contributed by atoms with Crippen LogP contribution in [-0.4, -0.2) is 25.4 Å². The lowest BCUT2D eigenvalue weighted by atomic mass is 9.84. The summed E-state index contributed by atoms with van der Waals surface area (Å²) in [7, 11) is 1.55.